The standard InChI is InChI=1S/C13H12N2OS/c16-10-15-12-6-7-13(14-8-12)17-9-11-4-2-1-3-5-11/h1-8,10H,9H2,(H,15,16). The number of rotatable bonds is 5. The van der Waals surface area contributed by atoms with Gasteiger partial charge in [-0.3, -0.25) is 4.79 Å². The fourth-order valence-electron chi connectivity index (χ4n) is 1.35. The fraction of sp³-hybridized carbons (Fsp3) is 0.0769. The molecule has 0 radical (unpaired) electrons. The molecule has 0 saturated heterocycles. The first kappa shape index (κ1) is 11.7. The van der Waals surface area contributed by atoms with Gasteiger partial charge in [0.25, 0.3) is 0 Å². The minimum absolute atomic E-state index is 0.647. The highest BCUT2D eigenvalue weighted by Gasteiger charge is 1.97. The second kappa shape index (κ2) is 6.06. The second-order valence-electron chi connectivity index (χ2n) is 3.42. The van der Waals surface area contributed by atoms with E-state index in [4.69, 9.17) is 0 Å². The molecule has 3 nitrogen and oxygen atoms in total. The highest BCUT2D eigenvalue weighted by atomic mass is 32.2. The van der Waals surface area contributed by atoms with Crippen LogP contribution in [0.25, 0.3) is 0 Å². The maximum atomic E-state index is 10.2. The van der Waals surface area contributed by atoms with Gasteiger partial charge in [-0.15, -0.1) is 11.8 Å². The Balaban J connectivity index is 1.93. The van der Waals surface area contributed by atoms with Crippen molar-refractivity contribution >= 4 is 23.9 Å². The van der Waals surface area contributed by atoms with Gasteiger partial charge in [0.05, 0.1) is 16.9 Å². The SMILES string of the molecule is O=CNc1ccc(SCc2ccccc2)nc1. The van der Waals surface area contributed by atoms with E-state index in [2.05, 4.69) is 22.4 Å². The Kier molecular flexibility index (Phi) is 4.16. The third kappa shape index (κ3) is 3.60. The summed E-state index contributed by atoms with van der Waals surface area (Å²) in [4.78, 5) is 14.5. The Bertz CT molecular complexity index is 471. The van der Waals surface area contributed by atoms with Crippen LogP contribution in [0.2, 0.25) is 0 Å². The third-order valence-corrected chi connectivity index (χ3v) is 3.21. The number of amides is 1. The largest absolute Gasteiger partial charge is 0.327 e. The number of anilines is 1. The molecule has 1 aromatic carbocycles. The summed E-state index contributed by atoms with van der Waals surface area (Å²) < 4.78 is 0. The lowest BCUT2D eigenvalue weighted by Gasteiger charge is -2.02. The number of nitrogens with one attached hydrogen (secondary N) is 1. The number of aromatic nitrogens is 1. The number of carbonyl (C=O) groups is 1. The maximum Gasteiger partial charge on any atom is 0.211 e. The van der Waals surface area contributed by atoms with E-state index in [1.807, 2.05) is 30.3 Å². The normalized spacial score (nSPS) is 9.88. The molecule has 0 aliphatic carbocycles. The Labute approximate surface area is 104 Å². The molecule has 0 atom stereocenters. The molecule has 1 aromatic heterocycles. The van der Waals surface area contributed by atoms with Crippen molar-refractivity contribution in [2.24, 2.45) is 0 Å². The van der Waals surface area contributed by atoms with Gasteiger partial charge < -0.3 is 5.32 Å². The summed E-state index contributed by atoms with van der Waals surface area (Å²) in [5, 5.41) is 3.51. The molecule has 4 heteroatoms. The van der Waals surface area contributed by atoms with Crippen molar-refractivity contribution in [3.63, 3.8) is 0 Å². The van der Waals surface area contributed by atoms with Crippen molar-refractivity contribution in [2.45, 2.75) is 10.8 Å². The van der Waals surface area contributed by atoms with Crippen LogP contribution in [0.5, 0.6) is 0 Å². The molecule has 2 aromatic rings. The molecule has 1 heterocycles. The van der Waals surface area contributed by atoms with E-state index in [0.29, 0.717) is 12.1 Å². The van der Waals surface area contributed by atoms with Gasteiger partial charge in [0.15, 0.2) is 0 Å². The van der Waals surface area contributed by atoms with Gasteiger partial charge in [0.2, 0.25) is 6.41 Å². The number of nitrogens with zero attached hydrogens (tertiary/aromatic N) is 1. The molecule has 1 amide bonds. The average molecular weight is 244 g/mol. The molecule has 17 heavy (non-hydrogen) atoms. The predicted molar refractivity (Wildman–Crippen MR) is 69.9 cm³/mol. The van der Waals surface area contributed by atoms with Crippen LogP contribution in [0.3, 0.4) is 0 Å². The van der Waals surface area contributed by atoms with Crippen molar-refractivity contribution in [3.8, 4) is 0 Å². The van der Waals surface area contributed by atoms with Crippen LogP contribution in [-0.4, -0.2) is 11.4 Å². The summed E-state index contributed by atoms with van der Waals surface area (Å²) in [6.07, 6.45) is 2.30. The van der Waals surface area contributed by atoms with E-state index in [1.165, 1.54) is 5.56 Å². The molecule has 0 unspecified atom stereocenters. The van der Waals surface area contributed by atoms with Crippen LogP contribution >= 0.6 is 11.8 Å². The fourth-order valence-corrected chi connectivity index (χ4v) is 2.15. The number of carbonyl (C=O) groups excluding carboxylic acids is 1. The Hall–Kier alpha value is -1.81. The minimum Gasteiger partial charge on any atom is -0.327 e. The lowest BCUT2D eigenvalue weighted by Crippen LogP contribution is -1.94. The lowest BCUT2D eigenvalue weighted by atomic mass is 10.2. The molecule has 2 rings (SSSR count). The summed E-state index contributed by atoms with van der Waals surface area (Å²) in [6.45, 7) is 0. The summed E-state index contributed by atoms with van der Waals surface area (Å²) in [5.41, 5.74) is 1.98. The van der Waals surface area contributed by atoms with Crippen molar-refractivity contribution < 1.29 is 4.79 Å². The smallest absolute Gasteiger partial charge is 0.211 e. The molecule has 86 valence electrons. The first-order valence-corrected chi connectivity index (χ1v) is 6.20. The van der Waals surface area contributed by atoms with Crippen LogP contribution in [0.15, 0.2) is 53.7 Å². The molecule has 0 spiro atoms. The summed E-state index contributed by atoms with van der Waals surface area (Å²) >= 11 is 1.67. The van der Waals surface area contributed by atoms with Gasteiger partial charge in [-0.1, -0.05) is 30.3 Å². The predicted octanol–water partition coefficient (Wildman–Crippen LogP) is 2.94. The Morgan fingerprint density at radius 1 is 1.18 bits per heavy atom. The van der Waals surface area contributed by atoms with E-state index in [0.717, 1.165) is 10.8 Å². The van der Waals surface area contributed by atoms with Crippen molar-refractivity contribution in [3.05, 3.63) is 54.2 Å². The second-order valence-corrected chi connectivity index (χ2v) is 4.42. The minimum atomic E-state index is 0.647. The third-order valence-electron chi connectivity index (χ3n) is 2.19. The van der Waals surface area contributed by atoms with Crippen molar-refractivity contribution in [1.29, 1.82) is 0 Å². The van der Waals surface area contributed by atoms with Crippen molar-refractivity contribution in [2.75, 3.05) is 5.32 Å². The molecular formula is C13H12N2OS. The maximum absolute atomic E-state index is 10.2. The zero-order valence-corrected chi connectivity index (χ0v) is 9.98. The summed E-state index contributed by atoms with van der Waals surface area (Å²) in [6, 6.07) is 14.0. The van der Waals surface area contributed by atoms with Crippen LogP contribution in [0.4, 0.5) is 5.69 Å². The van der Waals surface area contributed by atoms with E-state index in [-0.39, 0.29) is 0 Å². The topological polar surface area (TPSA) is 42.0 Å². The van der Waals surface area contributed by atoms with E-state index in [9.17, 15) is 4.79 Å². The molecule has 0 fully saturated rings. The summed E-state index contributed by atoms with van der Waals surface area (Å²) in [7, 11) is 0. The van der Waals surface area contributed by atoms with Crippen LogP contribution in [0, 0.1) is 0 Å². The van der Waals surface area contributed by atoms with Gasteiger partial charge >= 0.3 is 0 Å². The molecule has 0 aliphatic heterocycles. The van der Waals surface area contributed by atoms with E-state index < -0.39 is 0 Å². The Morgan fingerprint density at radius 2 is 2.00 bits per heavy atom. The number of pyridine rings is 1. The van der Waals surface area contributed by atoms with E-state index in [1.54, 1.807) is 18.0 Å². The number of hydrogen-bond donors (Lipinski definition) is 1. The van der Waals surface area contributed by atoms with Crippen LogP contribution in [-0.2, 0) is 10.5 Å². The highest BCUT2D eigenvalue weighted by Crippen LogP contribution is 2.21. The van der Waals surface area contributed by atoms with Gasteiger partial charge in [-0.2, -0.15) is 0 Å². The van der Waals surface area contributed by atoms with Gasteiger partial charge in [-0.05, 0) is 17.7 Å². The highest BCUT2D eigenvalue weighted by molar-refractivity contribution is 7.98. The summed E-state index contributed by atoms with van der Waals surface area (Å²) in [5.74, 6) is 0.897. The lowest BCUT2D eigenvalue weighted by molar-refractivity contribution is -0.105. The van der Waals surface area contributed by atoms with Crippen LogP contribution < -0.4 is 5.32 Å². The van der Waals surface area contributed by atoms with Gasteiger partial charge in [0, 0.05) is 5.75 Å². The molecule has 1 N–H and O–H groups in total. The first-order chi connectivity index (χ1) is 8.38. The Morgan fingerprint density at radius 3 is 2.65 bits per heavy atom. The number of thioether (sulfide) groups is 1. The molecular weight excluding hydrogens is 232 g/mol. The molecule has 0 saturated carbocycles. The zero-order chi connectivity index (χ0) is 11.9. The van der Waals surface area contributed by atoms with Gasteiger partial charge in [0.1, 0.15) is 0 Å². The van der Waals surface area contributed by atoms with E-state index >= 15 is 0 Å². The van der Waals surface area contributed by atoms with Crippen molar-refractivity contribution in [1.82, 2.24) is 4.98 Å². The monoisotopic (exact) mass is 244 g/mol. The van der Waals surface area contributed by atoms with Gasteiger partial charge in [-0.25, -0.2) is 4.98 Å². The number of benzene rings is 1. The quantitative estimate of drug-likeness (QED) is 0.649. The first-order valence-electron chi connectivity index (χ1n) is 5.21. The number of hydrogen-bond acceptors (Lipinski definition) is 3. The van der Waals surface area contributed by atoms with Crippen LogP contribution in [0.1, 0.15) is 5.56 Å². The molecule has 0 aliphatic rings. The zero-order valence-electron chi connectivity index (χ0n) is 9.17. The average Bonchev–Trinajstić information content (AvgIpc) is 2.40. The molecule has 0 bridgehead atoms.